The summed E-state index contributed by atoms with van der Waals surface area (Å²) in [7, 11) is 0. The number of amides is 1. The van der Waals surface area contributed by atoms with Crippen LogP contribution in [0.15, 0.2) is 42.5 Å². The summed E-state index contributed by atoms with van der Waals surface area (Å²) in [6, 6.07) is 13.0. The Kier molecular flexibility index (Phi) is 3.92. The highest BCUT2D eigenvalue weighted by Gasteiger charge is 2.22. The van der Waals surface area contributed by atoms with Gasteiger partial charge >= 0.3 is 0 Å². The van der Waals surface area contributed by atoms with Gasteiger partial charge in [0.2, 0.25) is 0 Å². The number of hydrogen-bond donors (Lipinski definition) is 1. The number of fused-ring (bicyclic) bond motifs is 1. The zero-order chi connectivity index (χ0) is 15.5. The SMILES string of the molecule is Cc1ccccc1NC(=O)COc1cccc2c1CCC2=O. The molecule has 0 saturated heterocycles. The van der Waals surface area contributed by atoms with E-state index in [0.717, 1.165) is 22.4 Å². The molecular weight excluding hydrogens is 278 g/mol. The van der Waals surface area contributed by atoms with Gasteiger partial charge in [0, 0.05) is 23.2 Å². The van der Waals surface area contributed by atoms with E-state index in [1.54, 1.807) is 12.1 Å². The first-order chi connectivity index (χ1) is 10.6. The first-order valence-corrected chi connectivity index (χ1v) is 7.28. The van der Waals surface area contributed by atoms with Gasteiger partial charge in [-0.05, 0) is 31.0 Å². The van der Waals surface area contributed by atoms with Crippen molar-refractivity contribution in [2.45, 2.75) is 19.8 Å². The number of rotatable bonds is 4. The zero-order valence-electron chi connectivity index (χ0n) is 12.4. The summed E-state index contributed by atoms with van der Waals surface area (Å²) >= 11 is 0. The van der Waals surface area contributed by atoms with Crippen molar-refractivity contribution in [1.29, 1.82) is 0 Å². The van der Waals surface area contributed by atoms with E-state index in [2.05, 4.69) is 5.32 Å². The summed E-state index contributed by atoms with van der Waals surface area (Å²) < 4.78 is 5.61. The summed E-state index contributed by atoms with van der Waals surface area (Å²) in [4.78, 5) is 23.7. The van der Waals surface area contributed by atoms with E-state index in [9.17, 15) is 9.59 Å². The number of ether oxygens (including phenoxy) is 1. The first kappa shape index (κ1) is 14.3. The lowest BCUT2D eigenvalue weighted by molar-refractivity contribution is -0.118. The second kappa shape index (κ2) is 6.02. The van der Waals surface area contributed by atoms with Crippen LogP contribution in [0, 0.1) is 6.92 Å². The molecule has 1 aliphatic rings. The third kappa shape index (κ3) is 2.86. The number of carbonyl (C=O) groups excluding carboxylic acids is 2. The molecule has 3 rings (SSSR count). The van der Waals surface area contributed by atoms with Crippen LogP contribution in [0.2, 0.25) is 0 Å². The Hall–Kier alpha value is -2.62. The molecule has 0 radical (unpaired) electrons. The van der Waals surface area contributed by atoms with Crippen molar-refractivity contribution in [3.05, 3.63) is 59.2 Å². The number of anilines is 1. The largest absolute Gasteiger partial charge is 0.483 e. The Morgan fingerprint density at radius 2 is 1.95 bits per heavy atom. The summed E-state index contributed by atoms with van der Waals surface area (Å²) in [6.45, 7) is 1.87. The minimum Gasteiger partial charge on any atom is -0.483 e. The van der Waals surface area contributed by atoms with Crippen LogP contribution in [0.1, 0.15) is 27.9 Å². The van der Waals surface area contributed by atoms with E-state index < -0.39 is 0 Å². The van der Waals surface area contributed by atoms with Gasteiger partial charge in [-0.1, -0.05) is 30.3 Å². The average Bonchev–Trinajstić information content (AvgIpc) is 2.90. The smallest absolute Gasteiger partial charge is 0.262 e. The van der Waals surface area contributed by atoms with Gasteiger partial charge in [0.15, 0.2) is 12.4 Å². The fraction of sp³-hybridized carbons (Fsp3) is 0.222. The number of hydrogen-bond acceptors (Lipinski definition) is 3. The van der Waals surface area contributed by atoms with Crippen molar-refractivity contribution in [2.75, 3.05) is 11.9 Å². The highest BCUT2D eigenvalue weighted by molar-refractivity contribution is 6.01. The van der Waals surface area contributed by atoms with Gasteiger partial charge < -0.3 is 10.1 Å². The van der Waals surface area contributed by atoms with Crippen LogP contribution in [0.5, 0.6) is 5.75 Å². The molecule has 2 aromatic carbocycles. The van der Waals surface area contributed by atoms with Gasteiger partial charge in [0.05, 0.1) is 0 Å². The van der Waals surface area contributed by atoms with Gasteiger partial charge in [-0.15, -0.1) is 0 Å². The van der Waals surface area contributed by atoms with Gasteiger partial charge in [-0.25, -0.2) is 0 Å². The quantitative estimate of drug-likeness (QED) is 0.942. The summed E-state index contributed by atoms with van der Waals surface area (Å²) in [5.74, 6) is 0.560. The normalized spacial score (nSPS) is 12.9. The van der Waals surface area contributed by atoms with Crippen molar-refractivity contribution in [2.24, 2.45) is 0 Å². The van der Waals surface area contributed by atoms with Crippen molar-refractivity contribution in [3.8, 4) is 5.75 Å². The molecular formula is C18H17NO3. The van der Waals surface area contributed by atoms with Gasteiger partial charge in [-0.2, -0.15) is 0 Å². The van der Waals surface area contributed by atoms with Crippen molar-refractivity contribution >= 4 is 17.4 Å². The van der Waals surface area contributed by atoms with E-state index in [-0.39, 0.29) is 18.3 Å². The highest BCUT2D eigenvalue weighted by Crippen LogP contribution is 2.30. The molecule has 112 valence electrons. The molecule has 0 aliphatic heterocycles. The third-order valence-corrected chi connectivity index (χ3v) is 3.81. The maximum Gasteiger partial charge on any atom is 0.262 e. The summed E-state index contributed by atoms with van der Waals surface area (Å²) in [5, 5.41) is 2.83. The lowest BCUT2D eigenvalue weighted by Gasteiger charge is -2.11. The second-order valence-corrected chi connectivity index (χ2v) is 5.36. The molecule has 0 atom stereocenters. The predicted molar refractivity (Wildman–Crippen MR) is 84.4 cm³/mol. The van der Waals surface area contributed by atoms with Gasteiger partial charge in [0.1, 0.15) is 5.75 Å². The Labute approximate surface area is 129 Å². The number of para-hydroxylation sites is 1. The van der Waals surface area contributed by atoms with E-state index >= 15 is 0 Å². The van der Waals surface area contributed by atoms with Crippen LogP contribution in [-0.2, 0) is 11.2 Å². The Balaban J connectivity index is 1.65. The van der Waals surface area contributed by atoms with E-state index in [4.69, 9.17) is 4.74 Å². The Morgan fingerprint density at radius 1 is 1.14 bits per heavy atom. The summed E-state index contributed by atoms with van der Waals surface area (Å²) in [6.07, 6.45) is 1.20. The van der Waals surface area contributed by atoms with E-state index in [1.165, 1.54) is 0 Å². The minimum atomic E-state index is -0.212. The molecule has 2 aromatic rings. The molecule has 4 heteroatoms. The van der Waals surface area contributed by atoms with Crippen LogP contribution < -0.4 is 10.1 Å². The fourth-order valence-corrected chi connectivity index (χ4v) is 2.64. The van der Waals surface area contributed by atoms with Crippen molar-refractivity contribution in [1.82, 2.24) is 0 Å². The number of Topliss-reactive ketones (excluding diaryl/α,β-unsaturated/α-hetero) is 1. The summed E-state index contributed by atoms with van der Waals surface area (Å²) in [5.41, 5.74) is 3.42. The molecule has 4 nitrogen and oxygen atoms in total. The van der Waals surface area contributed by atoms with Crippen LogP contribution in [0.25, 0.3) is 0 Å². The van der Waals surface area contributed by atoms with Crippen LogP contribution in [-0.4, -0.2) is 18.3 Å². The topological polar surface area (TPSA) is 55.4 Å². The number of carbonyl (C=O) groups is 2. The standard InChI is InChI=1S/C18H17NO3/c1-12-5-2-3-7-15(12)19-18(21)11-22-17-8-4-6-13-14(17)9-10-16(13)20/h2-8H,9-11H2,1H3,(H,19,21). The molecule has 0 aromatic heterocycles. The number of nitrogens with one attached hydrogen (secondary N) is 1. The van der Waals surface area contributed by atoms with Crippen LogP contribution in [0.3, 0.4) is 0 Å². The molecule has 0 fully saturated rings. The van der Waals surface area contributed by atoms with E-state index in [0.29, 0.717) is 18.6 Å². The number of ketones is 1. The number of benzene rings is 2. The zero-order valence-corrected chi connectivity index (χ0v) is 12.4. The van der Waals surface area contributed by atoms with Crippen molar-refractivity contribution in [3.63, 3.8) is 0 Å². The molecule has 0 heterocycles. The third-order valence-electron chi connectivity index (χ3n) is 3.81. The number of aryl methyl sites for hydroxylation is 1. The maximum atomic E-state index is 12.0. The van der Waals surface area contributed by atoms with E-state index in [1.807, 2.05) is 37.3 Å². The molecule has 0 spiro atoms. The van der Waals surface area contributed by atoms with Gasteiger partial charge in [-0.3, -0.25) is 9.59 Å². The molecule has 1 amide bonds. The molecule has 0 bridgehead atoms. The lowest BCUT2D eigenvalue weighted by atomic mass is 10.1. The molecule has 0 saturated carbocycles. The molecule has 1 N–H and O–H groups in total. The maximum absolute atomic E-state index is 12.0. The first-order valence-electron chi connectivity index (χ1n) is 7.28. The minimum absolute atomic E-state index is 0.0705. The lowest BCUT2D eigenvalue weighted by Crippen LogP contribution is -2.21. The van der Waals surface area contributed by atoms with Crippen molar-refractivity contribution < 1.29 is 14.3 Å². The average molecular weight is 295 g/mol. The molecule has 0 unspecified atom stereocenters. The monoisotopic (exact) mass is 295 g/mol. The molecule has 22 heavy (non-hydrogen) atoms. The fourth-order valence-electron chi connectivity index (χ4n) is 2.64. The van der Waals surface area contributed by atoms with Crippen LogP contribution in [0.4, 0.5) is 5.69 Å². The Morgan fingerprint density at radius 3 is 2.77 bits per heavy atom. The highest BCUT2D eigenvalue weighted by atomic mass is 16.5. The van der Waals surface area contributed by atoms with Gasteiger partial charge in [0.25, 0.3) is 5.91 Å². The van der Waals surface area contributed by atoms with Crippen LogP contribution >= 0.6 is 0 Å². The Bertz CT molecular complexity index is 737. The molecule has 1 aliphatic carbocycles. The predicted octanol–water partition coefficient (Wildman–Crippen LogP) is 3.14. The second-order valence-electron chi connectivity index (χ2n) is 5.36.